The second-order valence-corrected chi connectivity index (χ2v) is 10.8. The number of hydrogen-bond acceptors (Lipinski definition) is 4. The minimum atomic E-state index is 0.666. The van der Waals surface area contributed by atoms with E-state index in [-0.39, 0.29) is 0 Å². The Morgan fingerprint density at radius 1 is 0.364 bits per heavy atom. The Hall–Kier alpha value is -6.00. The second-order valence-electron chi connectivity index (χ2n) is 10.8. The van der Waals surface area contributed by atoms with Crippen LogP contribution in [0, 0.1) is 0 Å². The number of rotatable bonds is 5. The summed E-state index contributed by atoms with van der Waals surface area (Å²) in [5.41, 5.74) is 9.07. The topological polar surface area (TPSA) is 51.6 Å². The molecule has 0 amide bonds. The third-order valence-electron chi connectivity index (χ3n) is 8.06. The molecule has 4 heteroatoms. The average Bonchev–Trinajstić information content (AvgIpc) is 3.11. The van der Waals surface area contributed by atoms with Gasteiger partial charge in [-0.2, -0.15) is 0 Å². The molecule has 44 heavy (non-hydrogen) atoms. The largest absolute Gasteiger partial charge is 0.265 e. The van der Waals surface area contributed by atoms with E-state index in [2.05, 4.69) is 125 Å². The van der Waals surface area contributed by atoms with Gasteiger partial charge in [-0.25, -0.2) is 9.97 Å². The van der Waals surface area contributed by atoms with Crippen molar-refractivity contribution in [2.24, 2.45) is 0 Å². The highest BCUT2D eigenvalue weighted by atomic mass is 14.9. The van der Waals surface area contributed by atoms with Gasteiger partial charge in [0.25, 0.3) is 0 Å². The van der Waals surface area contributed by atoms with E-state index in [1.165, 1.54) is 10.8 Å². The van der Waals surface area contributed by atoms with Gasteiger partial charge in [-0.15, -0.1) is 0 Å². The molecule has 0 bridgehead atoms. The van der Waals surface area contributed by atoms with Crippen LogP contribution in [-0.4, -0.2) is 19.9 Å². The monoisotopic (exact) mass is 562 g/mol. The Kier molecular flexibility index (Phi) is 6.43. The normalized spacial score (nSPS) is 11.2. The molecule has 0 aliphatic rings. The van der Waals surface area contributed by atoms with Crippen LogP contribution >= 0.6 is 0 Å². The lowest BCUT2D eigenvalue weighted by molar-refractivity contribution is 1.19. The minimum absolute atomic E-state index is 0.666. The zero-order valence-electron chi connectivity index (χ0n) is 23.8. The van der Waals surface area contributed by atoms with Crippen molar-refractivity contribution in [3.63, 3.8) is 0 Å². The van der Waals surface area contributed by atoms with Gasteiger partial charge < -0.3 is 0 Å². The highest BCUT2D eigenvalue weighted by Crippen LogP contribution is 2.36. The summed E-state index contributed by atoms with van der Waals surface area (Å²) in [6, 6.07) is 46.5. The first-order chi connectivity index (χ1) is 21.8. The number of nitrogens with zero attached hydrogens (tertiary/aromatic N) is 4. The third-order valence-corrected chi connectivity index (χ3v) is 8.06. The first kappa shape index (κ1) is 25.7. The Morgan fingerprint density at radius 3 is 1.55 bits per heavy atom. The molecule has 0 radical (unpaired) electrons. The molecule has 0 fully saturated rings. The zero-order chi connectivity index (χ0) is 29.3. The van der Waals surface area contributed by atoms with E-state index in [1.807, 2.05) is 36.8 Å². The lowest BCUT2D eigenvalue weighted by atomic mass is 9.96. The fourth-order valence-corrected chi connectivity index (χ4v) is 5.92. The van der Waals surface area contributed by atoms with Crippen LogP contribution in [0.1, 0.15) is 0 Å². The van der Waals surface area contributed by atoms with Crippen LogP contribution in [-0.2, 0) is 0 Å². The van der Waals surface area contributed by atoms with Gasteiger partial charge in [0, 0.05) is 47.0 Å². The molecule has 5 aromatic carbocycles. The second kappa shape index (κ2) is 11.0. The number of fused-ring (bicyclic) bond motifs is 2. The molecule has 0 unspecified atom stereocenters. The van der Waals surface area contributed by atoms with Crippen molar-refractivity contribution in [2.45, 2.75) is 0 Å². The number of aromatic nitrogens is 4. The average molecular weight is 563 g/mol. The number of hydrogen-bond donors (Lipinski definition) is 0. The van der Waals surface area contributed by atoms with Crippen molar-refractivity contribution in [3.8, 4) is 56.2 Å². The Balaban J connectivity index is 1.41. The molecule has 0 saturated carbocycles. The predicted octanol–water partition coefficient (Wildman–Crippen LogP) is 9.91. The van der Waals surface area contributed by atoms with Gasteiger partial charge in [0.2, 0.25) is 0 Å². The van der Waals surface area contributed by atoms with E-state index in [1.54, 1.807) is 6.20 Å². The summed E-state index contributed by atoms with van der Waals surface area (Å²) in [7, 11) is 0. The molecule has 4 nitrogen and oxygen atoms in total. The summed E-state index contributed by atoms with van der Waals surface area (Å²) in [5, 5.41) is 4.67. The van der Waals surface area contributed by atoms with Crippen molar-refractivity contribution in [3.05, 3.63) is 158 Å². The zero-order valence-corrected chi connectivity index (χ0v) is 23.8. The number of benzene rings is 5. The lowest BCUT2D eigenvalue weighted by Gasteiger charge is -2.14. The fourth-order valence-electron chi connectivity index (χ4n) is 5.92. The molecule has 0 atom stereocenters. The Labute approximate surface area is 255 Å². The van der Waals surface area contributed by atoms with E-state index >= 15 is 0 Å². The molecule has 3 aromatic heterocycles. The summed E-state index contributed by atoms with van der Waals surface area (Å²) in [5.74, 6) is 0.666. The Morgan fingerprint density at radius 2 is 0.932 bits per heavy atom. The Bertz CT molecular complexity index is 2110. The fraction of sp³-hybridized carbons (Fsp3) is 0. The summed E-state index contributed by atoms with van der Waals surface area (Å²) < 4.78 is 0. The molecular formula is C40H26N4. The van der Waals surface area contributed by atoms with Gasteiger partial charge in [0.1, 0.15) is 0 Å². The van der Waals surface area contributed by atoms with Crippen LogP contribution in [0.3, 0.4) is 0 Å². The van der Waals surface area contributed by atoms with Crippen LogP contribution in [0.2, 0.25) is 0 Å². The maximum absolute atomic E-state index is 5.26. The molecule has 0 saturated heterocycles. The molecular weight excluding hydrogens is 536 g/mol. The molecule has 0 spiro atoms. The molecule has 0 N–H and O–H groups in total. The summed E-state index contributed by atoms with van der Waals surface area (Å²) in [6.07, 6.45) is 7.33. The van der Waals surface area contributed by atoms with Crippen molar-refractivity contribution in [2.75, 3.05) is 0 Å². The van der Waals surface area contributed by atoms with Crippen molar-refractivity contribution in [1.82, 2.24) is 19.9 Å². The van der Waals surface area contributed by atoms with Gasteiger partial charge in [0.05, 0.1) is 11.4 Å². The molecule has 8 rings (SSSR count). The SMILES string of the molecule is c1cncc(-c2cc(-c3ccncc3)cc(-c3nc(-c4cccc5ccccc45)cc(-c4cccc5ccccc45)n3)c2)c1. The van der Waals surface area contributed by atoms with Gasteiger partial charge in [-0.05, 0) is 80.7 Å². The van der Waals surface area contributed by atoms with Crippen molar-refractivity contribution < 1.29 is 0 Å². The van der Waals surface area contributed by atoms with Crippen LogP contribution in [0.25, 0.3) is 77.7 Å². The van der Waals surface area contributed by atoms with E-state index in [0.717, 1.165) is 61.1 Å². The van der Waals surface area contributed by atoms with Crippen LogP contribution in [0.4, 0.5) is 0 Å². The van der Waals surface area contributed by atoms with Crippen LogP contribution < -0.4 is 0 Å². The molecule has 3 heterocycles. The van der Waals surface area contributed by atoms with Gasteiger partial charge in [0.15, 0.2) is 5.82 Å². The quantitative estimate of drug-likeness (QED) is 0.209. The highest BCUT2D eigenvalue weighted by Gasteiger charge is 2.16. The van der Waals surface area contributed by atoms with E-state index in [9.17, 15) is 0 Å². The van der Waals surface area contributed by atoms with Gasteiger partial charge in [-0.3, -0.25) is 9.97 Å². The maximum atomic E-state index is 5.26. The smallest absolute Gasteiger partial charge is 0.160 e. The highest BCUT2D eigenvalue weighted by molar-refractivity contribution is 5.99. The summed E-state index contributed by atoms with van der Waals surface area (Å²) in [6.45, 7) is 0. The van der Waals surface area contributed by atoms with Crippen LogP contribution in [0.15, 0.2) is 158 Å². The molecule has 206 valence electrons. The lowest BCUT2D eigenvalue weighted by Crippen LogP contribution is -1.98. The van der Waals surface area contributed by atoms with E-state index in [4.69, 9.17) is 9.97 Å². The van der Waals surface area contributed by atoms with Gasteiger partial charge >= 0.3 is 0 Å². The van der Waals surface area contributed by atoms with E-state index < -0.39 is 0 Å². The molecule has 0 aliphatic carbocycles. The molecule has 8 aromatic rings. The first-order valence-corrected chi connectivity index (χ1v) is 14.6. The molecule has 0 aliphatic heterocycles. The maximum Gasteiger partial charge on any atom is 0.160 e. The van der Waals surface area contributed by atoms with Gasteiger partial charge in [-0.1, -0.05) is 91.0 Å². The summed E-state index contributed by atoms with van der Waals surface area (Å²) >= 11 is 0. The predicted molar refractivity (Wildman–Crippen MR) is 180 cm³/mol. The van der Waals surface area contributed by atoms with Crippen LogP contribution in [0.5, 0.6) is 0 Å². The van der Waals surface area contributed by atoms with E-state index in [0.29, 0.717) is 5.82 Å². The third kappa shape index (κ3) is 4.79. The minimum Gasteiger partial charge on any atom is -0.265 e. The van der Waals surface area contributed by atoms with Crippen molar-refractivity contribution >= 4 is 21.5 Å². The number of pyridine rings is 2. The standard InChI is InChI=1S/C40H26N4/c1-3-13-34-28(8-1)10-5-15-36(34)38-25-39(37-16-6-11-29-9-2-4-14-35(29)37)44-40(43-38)33-23-31(27-17-20-41-21-18-27)22-32(24-33)30-12-7-19-42-26-30/h1-26H. The first-order valence-electron chi connectivity index (χ1n) is 14.6. The summed E-state index contributed by atoms with van der Waals surface area (Å²) in [4.78, 5) is 19.1. The van der Waals surface area contributed by atoms with Crippen molar-refractivity contribution in [1.29, 1.82) is 0 Å².